The Bertz CT molecular complexity index is 324. The molecule has 1 atom stereocenters. The van der Waals surface area contributed by atoms with Crippen LogP contribution in [0.3, 0.4) is 0 Å². The number of aliphatic hydroxyl groups excluding tert-OH is 1. The van der Waals surface area contributed by atoms with Crippen molar-refractivity contribution in [1.82, 2.24) is 4.90 Å². The second kappa shape index (κ2) is 5.02. The van der Waals surface area contributed by atoms with Gasteiger partial charge in [0.1, 0.15) is 0 Å². The fourth-order valence-corrected chi connectivity index (χ4v) is 2.52. The molecule has 1 aliphatic heterocycles. The van der Waals surface area contributed by atoms with E-state index in [2.05, 4.69) is 4.90 Å². The summed E-state index contributed by atoms with van der Waals surface area (Å²) in [6.07, 6.45) is 3.39. The molecule has 5 heteroatoms. The first-order valence-electron chi connectivity index (χ1n) is 5.79. The molecule has 1 heterocycles. The van der Waals surface area contributed by atoms with Gasteiger partial charge in [-0.05, 0) is 39.2 Å². The van der Waals surface area contributed by atoms with Crippen LogP contribution < -0.4 is 0 Å². The van der Waals surface area contributed by atoms with Gasteiger partial charge < -0.3 is 10.0 Å². The van der Waals surface area contributed by atoms with Gasteiger partial charge >= 0.3 is 0 Å². The number of aliphatic hydroxyl groups is 1. The first-order valence-corrected chi connectivity index (χ1v) is 7.68. The van der Waals surface area contributed by atoms with Crippen LogP contribution in [0.4, 0.5) is 0 Å². The number of hydrogen-bond acceptors (Lipinski definition) is 4. The summed E-state index contributed by atoms with van der Waals surface area (Å²) in [4.78, 5) is 2.16. The Hall–Kier alpha value is -0.130. The lowest BCUT2D eigenvalue weighted by Crippen LogP contribution is -2.47. The molecule has 1 aliphatic rings. The largest absolute Gasteiger partial charge is 0.396 e. The van der Waals surface area contributed by atoms with E-state index in [0.717, 1.165) is 25.9 Å². The number of rotatable bonds is 4. The van der Waals surface area contributed by atoms with Gasteiger partial charge in [0.25, 0.3) is 0 Å². The molecule has 1 unspecified atom stereocenters. The smallest absolute Gasteiger partial charge is 0.153 e. The molecule has 4 nitrogen and oxygen atoms in total. The summed E-state index contributed by atoms with van der Waals surface area (Å²) in [5.41, 5.74) is 0. The molecule has 0 aromatic carbocycles. The van der Waals surface area contributed by atoms with Gasteiger partial charge in [-0.2, -0.15) is 0 Å². The van der Waals surface area contributed by atoms with Crippen LogP contribution in [-0.2, 0) is 9.84 Å². The van der Waals surface area contributed by atoms with Crippen molar-refractivity contribution in [3.63, 3.8) is 0 Å². The Labute approximate surface area is 98.6 Å². The monoisotopic (exact) mass is 249 g/mol. The molecule has 0 aliphatic carbocycles. The van der Waals surface area contributed by atoms with E-state index in [4.69, 9.17) is 5.11 Å². The highest BCUT2D eigenvalue weighted by Crippen LogP contribution is 2.22. The lowest BCUT2D eigenvalue weighted by molar-refractivity contribution is 0.114. The molecule has 1 rings (SSSR count). The number of hydrogen-bond donors (Lipinski definition) is 1. The summed E-state index contributed by atoms with van der Waals surface area (Å²) in [6.45, 7) is 6.05. The van der Waals surface area contributed by atoms with Gasteiger partial charge in [-0.1, -0.05) is 0 Å². The van der Waals surface area contributed by atoms with E-state index >= 15 is 0 Å². The van der Waals surface area contributed by atoms with Crippen LogP contribution in [-0.4, -0.2) is 55.7 Å². The zero-order valence-corrected chi connectivity index (χ0v) is 11.3. The predicted molar refractivity (Wildman–Crippen MR) is 65.2 cm³/mol. The molecule has 1 fully saturated rings. The molecular weight excluding hydrogens is 226 g/mol. The predicted octanol–water partition coefficient (Wildman–Crippen LogP) is 0.514. The van der Waals surface area contributed by atoms with Crippen molar-refractivity contribution >= 4 is 9.84 Å². The third-order valence-electron chi connectivity index (χ3n) is 3.47. The maximum Gasteiger partial charge on any atom is 0.153 e. The molecule has 1 saturated heterocycles. The summed E-state index contributed by atoms with van der Waals surface area (Å²) in [5.74, 6) is 0.309. The Morgan fingerprint density at radius 3 is 2.56 bits per heavy atom. The normalized spacial score (nSPS) is 24.6. The van der Waals surface area contributed by atoms with Crippen LogP contribution >= 0.6 is 0 Å². The third kappa shape index (κ3) is 3.43. The van der Waals surface area contributed by atoms with E-state index in [1.54, 1.807) is 13.8 Å². The molecule has 96 valence electrons. The number of sulfone groups is 1. The fourth-order valence-electron chi connectivity index (χ4n) is 2.10. The molecule has 1 N–H and O–H groups in total. The Balaban J connectivity index is 2.60. The standard InChI is InChI=1S/C11H23NO3S/c1-11(2,16(3,14)15)9-12-6-4-5-10(7-12)8-13/h10,13H,4-9H2,1-3H3. The molecule has 0 aromatic heterocycles. The fraction of sp³-hybridized carbons (Fsp3) is 1.00. The van der Waals surface area contributed by atoms with Crippen LogP contribution in [0.25, 0.3) is 0 Å². The second-order valence-electron chi connectivity index (χ2n) is 5.46. The molecule has 0 amide bonds. The van der Waals surface area contributed by atoms with Crippen LogP contribution in [0, 0.1) is 5.92 Å². The molecule has 0 saturated carbocycles. The number of nitrogens with zero attached hydrogens (tertiary/aromatic N) is 1. The summed E-state index contributed by atoms with van der Waals surface area (Å²) in [6, 6.07) is 0. The van der Waals surface area contributed by atoms with Crippen molar-refractivity contribution in [2.45, 2.75) is 31.4 Å². The van der Waals surface area contributed by atoms with Gasteiger partial charge in [0.05, 0.1) is 4.75 Å². The molecule has 0 aromatic rings. The average Bonchev–Trinajstić information content (AvgIpc) is 2.15. The highest BCUT2D eigenvalue weighted by Gasteiger charge is 2.33. The Morgan fingerprint density at radius 2 is 2.06 bits per heavy atom. The topological polar surface area (TPSA) is 57.6 Å². The number of piperidine rings is 1. The van der Waals surface area contributed by atoms with E-state index < -0.39 is 14.6 Å². The quantitative estimate of drug-likeness (QED) is 0.789. The molecule has 0 spiro atoms. The van der Waals surface area contributed by atoms with Crippen molar-refractivity contribution in [2.75, 3.05) is 32.5 Å². The van der Waals surface area contributed by atoms with Gasteiger partial charge in [0.15, 0.2) is 9.84 Å². The zero-order chi connectivity index (χ0) is 12.4. The van der Waals surface area contributed by atoms with Crippen LogP contribution in [0.1, 0.15) is 26.7 Å². The van der Waals surface area contributed by atoms with Gasteiger partial charge in [-0.3, -0.25) is 0 Å². The van der Waals surface area contributed by atoms with Crippen LogP contribution in [0.15, 0.2) is 0 Å². The van der Waals surface area contributed by atoms with Crippen molar-refractivity contribution in [3.05, 3.63) is 0 Å². The van der Waals surface area contributed by atoms with E-state index in [1.165, 1.54) is 6.26 Å². The maximum atomic E-state index is 11.6. The minimum absolute atomic E-state index is 0.204. The van der Waals surface area contributed by atoms with Crippen molar-refractivity contribution in [1.29, 1.82) is 0 Å². The van der Waals surface area contributed by atoms with Crippen molar-refractivity contribution < 1.29 is 13.5 Å². The summed E-state index contributed by atoms with van der Waals surface area (Å²) in [5, 5.41) is 9.12. The van der Waals surface area contributed by atoms with Gasteiger partial charge in [0.2, 0.25) is 0 Å². The maximum absolute atomic E-state index is 11.6. The van der Waals surface area contributed by atoms with E-state index in [-0.39, 0.29) is 6.61 Å². The number of likely N-dealkylation sites (tertiary alicyclic amines) is 1. The lowest BCUT2D eigenvalue weighted by Gasteiger charge is -2.36. The lowest BCUT2D eigenvalue weighted by atomic mass is 9.98. The summed E-state index contributed by atoms with van der Waals surface area (Å²) in [7, 11) is -3.03. The molecule has 0 radical (unpaired) electrons. The van der Waals surface area contributed by atoms with E-state index in [0.29, 0.717) is 12.5 Å². The van der Waals surface area contributed by atoms with Crippen molar-refractivity contribution in [2.24, 2.45) is 5.92 Å². The average molecular weight is 249 g/mol. The van der Waals surface area contributed by atoms with Crippen LogP contribution in [0.2, 0.25) is 0 Å². The van der Waals surface area contributed by atoms with E-state index in [1.807, 2.05) is 0 Å². The van der Waals surface area contributed by atoms with Gasteiger partial charge in [-0.15, -0.1) is 0 Å². The minimum Gasteiger partial charge on any atom is -0.396 e. The first kappa shape index (κ1) is 13.9. The Morgan fingerprint density at radius 1 is 1.44 bits per heavy atom. The minimum atomic E-state index is -3.03. The first-order chi connectivity index (χ1) is 7.26. The van der Waals surface area contributed by atoms with E-state index in [9.17, 15) is 8.42 Å². The second-order valence-corrected chi connectivity index (χ2v) is 8.11. The highest BCUT2D eigenvalue weighted by molar-refractivity contribution is 7.92. The van der Waals surface area contributed by atoms with Crippen LogP contribution in [0.5, 0.6) is 0 Å². The molecule has 0 bridgehead atoms. The van der Waals surface area contributed by atoms with Crippen molar-refractivity contribution in [3.8, 4) is 0 Å². The highest BCUT2D eigenvalue weighted by atomic mass is 32.2. The summed E-state index contributed by atoms with van der Waals surface area (Å²) >= 11 is 0. The SMILES string of the molecule is CC(C)(CN1CCCC(CO)C1)S(C)(=O)=O. The molecule has 16 heavy (non-hydrogen) atoms. The van der Waals surface area contributed by atoms with Gasteiger partial charge in [-0.25, -0.2) is 8.42 Å². The molecular formula is C11H23NO3S. The summed E-state index contributed by atoms with van der Waals surface area (Å²) < 4.78 is 22.5. The third-order valence-corrected chi connectivity index (χ3v) is 5.61. The van der Waals surface area contributed by atoms with Gasteiger partial charge in [0, 0.05) is 26.0 Å². The zero-order valence-electron chi connectivity index (χ0n) is 10.4. The Kier molecular flexibility index (Phi) is 4.37.